The van der Waals surface area contributed by atoms with E-state index in [1.807, 2.05) is 10.1 Å². The van der Waals surface area contributed by atoms with Crippen molar-refractivity contribution in [1.82, 2.24) is 0 Å². The molecule has 0 radical (unpaired) electrons. The van der Waals surface area contributed by atoms with Crippen LogP contribution in [-0.2, 0) is 15.4 Å². The van der Waals surface area contributed by atoms with E-state index in [1.54, 1.807) is 4.74 Å². The number of nitrogens with one attached hydrogen (secondary N) is 1. The van der Waals surface area contributed by atoms with E-state index in [1.165, 1.54) is 12.1 Å². The van der Waals surface area contributed by atoms with Crippen LogP contribution in [0.2, 0.25) is 0 Å². The number of benzene rings is 2. The number of anilines is 1. The molecule has 0 spiro atoms. The Morgan fingerprint density at radius 3 is 1.92 bits per heavy atom. The minimum absolute atomic E-state index is 0.0692. The molecular formula is C20H10F13NO5. The molecule has 1 amide bonds. The molecule has 1 aliphatic heterocycles. The third-order valence-electron chi connectivity index (χ3n) is 4.71. The van der Waals surface area contributed by atoms with Gasteiger partial charge in [0.2, 0.25) is 6.79 Å². The Morgan fingerprint density at radius 2 is 1.31 bits per heavy atom. The zero-order valence-corrected chi connectivity index (χ0v) is 18.2. The maximum Gasteiger partial charge on any atom is 0.527 e. The van der Waals surface area contributed by atoms with E-state index in [-0.39, 0.29) is 36.0 Å². The summed E-state index contributed by atoms with van der Waals surface area (Å²) in [6.45, 7) is -0.175. The fourth-order valence-electron chi connectivity index (χ4n) is 2.87. The molecule has 6 nitrogen and oxygen atoms in total. The van der Waals surface area contributed by atoms with Crippen LogP contribution in [0.4, 0.5) is 62.8 Å². The van der Waals surface area contributed by atoms with Crippen LogP contribution in [-0.4, -0.2) is 43.3 Å². The van der Waals surface area contributed by atoms with Crippen LogP contribution >= 0.6 is 0 Å². The van der Waals surface area contributed by atoms with Gasteiger partial charge >= 0.3 is 36.5 Å². The van der Waals surface area contributed by atoms with E-state index >= 15 is 0 Å². The maximum absolute atomic E-state index is 14.4. The van der Waals surface area contributed by atoms with E-state index < -0.39 is 53.7 Å². The highest BCUT2D eigenvalue weighted by molar-refractivity contribution is 6.04. The normalized spacial score (nSPS) is 14.9. The third-order valence-corrected chi connectivity index (χ3v) is 4.71. The lowest BCUT2D eigenvalue weighted by molar-refractivity contribution is -0.535. The molecule has 19 heteroatoms. The number of ether oxygens (including phenoxy) is 4. The predicted octanol–water partition coefficient (Wildman–Crippen LogP) is 6.73. The van der Waals surface area contributed by atoms with Gasteiger partial charge < -0.3 is 14.8 Å². The average Bonchev–Trinajstić information content (AvgIpc) is 3.24. The monoisotopic (exact) mass is 591 g/mol. The molecular weight excluding hydrogens is 581 g/mol. The highest BCUT2D eigenvalue weighted by Crippen LogP contribution is 2.54. The van der Waals surface area contributed by atoms with Gasteiger partial charge in [-0.3, -0.25) is 4.79 Å². The van der Waals surface area contributed by atoms with Crippen molar-refractivity contribution in [3.05, 3.63) is 53.6 Å². The second kappa shape index (κ2) is 9.61. The van der Waals surface area contributed by atoms with Crippen molar-refractivity contribution in [1.29, 1.82) is 0 Å². The summed E-state index contributed by atoms with van der Waals surface area (Å²) in [5, 5.41) is 1.98. The van der Waals surface area contributed by atoms with Gasteiger partial charge in [0.25, 0.3) is 5.91 Å². The number of hydrogen-bond donors (Lipinski definition) is 1. The smallest absolute Gasteiger partial charge is 0.454 e. The van der Waals surface area contributed by atoms with Crippen molar-refractivity contribution >= 4 is 11.6 Å². The van der Waals surface area contributed by atoms with Crippen molar-refractivity contribution in [2.45, 2.75) is 36.5 Å². The van der Waals surface area contributed by atoms with Gasteiger partial charge in [-0.1, -0.05) is 12.1 Å². The number of hydrogen-bond acceptors (Lipinski definition) is 5. The molecule has 1 heterocycles. The minimum Gasteiger partial charge on any atom is -0.454 e. The van der Waals surface area contributed by atoms with Gasteiger partial charge in [-0.05, 0) is 30.3 Å². The summed E-state index contributed by atoms with van der Waals surface area (Å²) in [6.07, 6.45) is -28.0. The Hall–Kier alpha value is -3.48. The van der Waals surface area contributed by atoms with Crippen molar-refractivity contribution in [2.75, 3.05) is 12.1 Å². The predicted molar refractivity (Wildman–Crippen MR) is 98.9 cm³/mol. The molecule has 0 bridgehead atoms. The van der Waals surface area contributed by atoms with Crippen LogP contribution in [0.5, 0.6) is 11.5 Å². The topological polar surface area (TPSA) is 66.0 Å². The fraction of sp³-hybridized carbons (Fsp3) is 0.350. The number of fused-ring (bicyclic) bond motifs is 1. The maximum atomic E-state index is 14.4. The summed E-state index contributed by atoms with van der Waals surface area (Å²) in [7, 11) is 0. The summed E-state index contributed by atoms with van der Waals surface area (Å²) >= 11 is 0. The van der Waals surface area contributed by atoms with Gasteiger partial charge in [0.05, 0.1) is 0 Å². The van der Waals surface area contributed by atoms with Gasteiger partial charge in [0.15, 0.2) is 11.5 Å². The Kier molecular flexibility index (Phi) is 7.41. The van der Waals surface area contributed by atoms with Crippen molar-refractivity contribution in [3.8, 4) is 11.5 Å². The van der Waals surface area contributed by atoms with Gasteiger partial charge in [-0.15, -0.1) is 13.2 Å². The molecule has 0 saturated heterocycles. The summed E-state index contributed by atoms with van der Waals surface area (Å²) in [5.41, 5.74) is -2.80. The third kappa shape index (κ3) is 5.92. The molecule has 3 rings (SSSR count). The van der Waals surface area contributed by atoms with Gasteiger partial charge in [-0.25, -0.2) is 9.47 Å². The molecule has 0 saturated carbocycles. The van der Waals surface area contributed by atoms with Crippen LogP contribution in [0.25, 0.3) is 0 Å². The van der Waals surface area contributed by atoms with Crippen molar-refractivity contribution < 1.29 is 80.8 Å². The van der Waals surface area contributed by atoms with E-state index in [4.69, 9.17) is 9.47 Å². The molecule has 2 aromatic carbocycles. The lowest BCUT2D eigenvalue weighted by Gasteiger charge is -2.35. The number of carbonyl (C=O) groups is 1. The first-order valence-electron chi connectivity index (χ1n) is 9.77. The standard InChI is InChI=1S/C20H10F13NO5/c21-15(22,17(25,26)38-18(27,28)16(23,24)19(29,30)39-20(31,32)33)10-2-1-3-11(7-10)34-14(35)9-4-5-12-13(6-9)37-8-36-12/h1-7H,8H2,(H,34,35). The first-order chi connectivity index (χ1) is 17.6. The quantitative estimate of drug-likeness (QED) is 0.328. The lowest BCUT2D eigenvalue weighted by Crippen LogP contribution is -2.61. The highest BCUT2D eigenvalue weighted by Gasteiger charge is 2.80. The van der Waals surface area contributed by atoms with Crippen LogP contribution in [0, 0.1) is 0 Å². The zero-order chi connectivity index (χ0) is 29.7. The van der Waals surface area contributed by atoms with Crippen molar-refractivity contribution in [2.24, 2.45) is 0 Å². The number of rotatable bonds is 9. The van der Waals surface area contributed by atoms with E-state index in [0.717, 1.165) is 12.1 Å². The van der Waals surface area contributed by atoms with Crippen molar-refractivity contribution in [3.63, 3.8) is 0 Å². The van der Waals surface area contributed by atoms with E-state index in [9.17, 15) is 61.9 Å². The summed E-state index contributed by atoms with van der Waals surface area (Å²) in [4.78, 5) is 12.3. The second-order valence-electron chi connectivity index (χ2n) is 7.45. The van der Waals surface area contributed by atoms with Crippen LogP contribution in [0.1, 0.15) is 15.9 Å². The van der Waals surface area contributed by atoms with Crippen LogP contribution in [0.15, 0.2) is 42.5 Å². The number of halogens is 13. The molecule has 0 unspecified atom stereocenters. The molecule has 216 valence electrons. The molecule has 0 atom stereocenters. The van der Waals surface area contributed by atoms with Crippen LogP contribution in [0.3, 0.4) is 0 Å². The first kappa shape index (κ1) is 30.1. The zero-order valence-electron chi connectivity index (χ0n) is 18.2. The largest absolute Gasteiger partial charge is 0.527 e. The molecule has 2 aromatic rings. The van der Waals surface area contributed by atoms with Gasteiger partial charge in [0, 0.05) is 16.8 Å². The molecule has 1 aliphatic rings. The SMILES string of the molecule is O=C(Nc1cccc(C(F)(F)C(F)(F)OC(F)(F)C(F)(F)C(F)(F)OC(F)(F)F)c1)c1ccc2c(c1)OCO2. The van der Waals surface area contributed by atoms with Gasteiger partial charge in [0.1, 0.15) is 0 Å². The Bertz CT molecular complexity index is 1230. The number of carbonyl (C=O) groups excluding carboxylic acids is 1. The minimum atomic E-state index is -7.53. The van der Waals surface area contributed by atoms with Crippen LogP contribution < -0.4 is 14.8 Å². The molecule has 1 N–H and O–H groups in total. The van der Waals surface area contributed by atoms with E-state index in [2.05, 4.69) is 0 Å². The molecule has 0 fully saturated rings. The first-order valence-corrected chi connectivity index (χ1v) is 9.77. The summed E-state index contributed by atoms with van der Waals surface area (Å²) < 4.78 is 186. The fourth-order valence-corrected chi connectivity index (χ4v) is 2.87. The average molecular weight is 591 g/mol. The molecule has 0 aromatic heterocycles. The van der Waals surface area contributed by atoms with E-state index in [0.29, 0.717) is 6.07 Å². The number of alkyl halides is 13. The highest BCUT2D eigenvalue weighted by atomic mass is 19.4. The summed E-state index contributed by atoms with van der Waals surface area (Å²) in [5.74, 6) is -14.2. The molecule has 39 heavy (non-hydrogen) atoms. The number of amides is 1. The van der Waals surface area contributed by atoms with Gasteiger partial charge in [-0.2, -0.15) is 43.9 Å². The second-order valence-corrected chi connectivity index (χ2v) is 7.45. The Labute approximate surface area is 207 Å². The molecule has 0 aliphatic carbocycles. The Balaban J connectivity index is 1.83. The lowest BCUT2D eigenvalue weighted by atomic mass is 10.1. The Morgan fingerprint density at radius 1 is 0.718 bits per heavy atom. The summed E-state index contributed by atoms with van der Waals surface area (Å²) in [6, 6.07) is 5.25.